The Bertz CT molecular complexity index is 259. The zero-order chi connectivity index (χ0) is 9.68. The lowest BCUT2D eigenvalue weighted by Crippen LogP contribution is -2.26. The zero-order valence-corrected chi connectivity index (χ0v) is 8.63. The van der Waals surface area contributed by atoms with E-state index in [2.05, 4.69) is 0 Å². The van der Waals surface area contributed by atoms with Gasteiger partial charge >= 0.3 is 6.09 Å². The van der Waals surface area contributed by atoms with E-state index in [0.717, 1.165) is 4.88 Å². The third-order valence-corrected chi connectivity index (χ3v) is 2.41. The van der Waals surface area contributed by atoms with Crippen molar-refractivity contribution in [2.75, 3.05) is 13.7 Å². The third-order valence-electron chi connectivity index (χ3n) is 1.55. The molecule has 0 unspecified atom stereocenters. The Kier molecular flexibility index (Phi) is 3.76. The molecular weight excluding hydrogens is 186 g/mol. The number of ether oxygens (including phenoxy) is 1. The maximum atomic E-state index is 11.2. The lowest BCUT2D eigenvalue weighted by molar-refractivity contribution is 0.114. The molecule has 0 atom stereocenters. The number of hydrogen-bond acceptors (Lipinski definition) is 3. The second kappa shape index (κ2) is 4.87. The first kappa shape index (κ1) is 10.1. The maximum Gasteiger partial charge on any atom is 0.409 e. The van der Waals surface area contributed by atoms with Crippen LogP contribution in [-0.2, 0) is 11.3 Å². The van der Waals surface area contributed by atoms with Crippen molar-refractivity contribution in [2.45, 2.75) is 13.5 Å². The van der Waals surface area contributed by atoms with Gasteiger partial charge in [0.15, 0.2) is 0 Å². The summed E-state index contributed by atoms with van der Waals surface area (Å²) < 4.78 is 4.84. The molecule has 0 radical (unpaired) electrons. The Labute approximate surface area is 81.9 Å². The van der Waals surface area contributed by atoms with E-state index in [9.17, 15) is 4.79 Å². The summed E-state index contributed by atoms with van der Waals surface area (Å²) in [4.78, 5) is 13.9. The Morgan fingerprint density at radius 3 is 3.00 bits per heavy atom. The molecule has 1 aromatic rings. The fourth-order valence-electron chi connectivity index (χ4n) is 0.935. The van der Waals surface area contributed by atoms with Gasteiger partial charge in [-0.1, -0.05) is 6.07 Å². The first-order chi connectivity index (χ1) is 6.24. The average molecular weight is 199 g/mol. The molecule has 1 aromatic heterocycles. The number of rotatable bonds is 3. The molecule has 4 heteroatoms. The van der Waals surface area contributed by atoms with Crippen LogP contribution in [0.2, 0.25) is 0 Å². The summed E-state index contributed by atoms with van der Waals surface area (Å²) in [5.74, 6) is 0. The molecule has 0 saturated heterocycles. The standard InChI is InChI=1S/C9H13NO2S/c1-3-12-9(11)10(2)7-8-5-4-6-13-8/h4-6H,3,7H2,1-2H3. The Morgan fingerprint density at radius 1 is 1.69 bits per heavy atom. The number of amides is 1. The van der Waals surface area contributed by atoms with Crippen molar-refractivity contribution >= 4 is 17.4 Å². The van der Waals surface area contributed by atoms with E-state index in [1.165, 1.54) is 0 Å². The highest BCUT2D eigenvalue weighted by Gasteiger charge is 2.09. The van der Waals surface area contributed by atoms with Crippen molar-refractivity contribution in [2.24, 2.45) is 0 Å². The summed E-state index contributed by atoms with van der Waals surface area (Å²) >= 11 is 1.64. The van der Waals surface area contributed by atoms with E-state index in [-0.39, 0.29) is 6.09 Å². The molecule has 3 nitrogen and oxygen atoms in total. The lowest BCUT2D eigenvalue weighted by atomic mass is 10.4. The third kappa shape index (κ3) is 3.06. The van der Waals surface area contributed by atoms with Gasteiger partial charge in [-0.05, 0) is 18.4 Å². The number of carbonyl (C=O) groups is 1. The predicted octanol–water partition coefficient (Wildman–Crippen LogP) is 2.34. The second-order valence-electron chi connectivity index (χ2n) is 2.63. The van der Waals surface area contributed by atoms with Gasteiger partial charge in [-0.3, -0.25) is 0 Å². The molecule has 1 amide bonds. The van der Waals surface area contributed by atoms with Crippen LogP contribution in [0.5, 0.6) is 0 Å². The largest absolute Gasteiger partial charge is 0.450 e. The van der Waals surface area contributed by atoms with Gasteiger partial charge in [0.05, 0.1) is 13.2 Å². The normalized spacial score (nSPS) is 9.69. The highest BCUT2D eigenvalue weighted by molar-refractivity contribution is 7.09. The van der Waals surface area contributed by atoms with Crippen molar-refractivity contribution in [1.82, 2.24) is 4.90 Å². The number of nitrogens with zero attached hydrogens (tertiary/aromatic N) is 1. The average Bonchev–Trinajstić information content (AvgIpc) is 2.57. The molecule has 1 heterocycles. The van der Waals surface area contributed by atoms with E-state index in [4.69, 9.17) is 4.74 Å². The van der Waals surface area contributed by atoms with Crippen LogP contribution in [0.25, 0.3) is 0 Å². The summed E-state index contributed by atoms with van der Waals surface area (Å²) in [6.07, 6.45) is -0.268. The van der Waals surface area contributed by atoms with Crippen LogP contribution < -0.4 is 0 Å². The highest BCUT2D eigenvalue weighted by Crippen LogP contribution is 2.11. The molecule has 0 aliphatic carbocycles. The van der Waals surface area contributed by atoms with E-state index in [0.29, 0.717) is 13.2 Å². The van der Waals surface area contributed by atoms with Crippen molar-refractivity contribution < 1.29 is 9.53 Å². The highest BCUT2D eigenvalue weighted by atomic mass is 32.1. The molecule has 0 aliphatic rings. The Hall–Kier alpha value is -1.03. The van der Waals surface area contributed by atoms with Crippen molar-refractivity contribution in [3.8, 4) is 0 Å². The predicted molar refractivity (Wildman–Crippen MR) is 52.8 cm³/mol. The fourth-order valence-corrected chi connectivity index (χ4v) is 1.69. The molecule has 1 rings (SSSR count). The molecule has 0 saturated carbocycles. The second-order valence-corrected chi connectivity index (χ2v) is 3.67. The molecule has 0 aromatic carbocycles. The molecule has 72 valence electrons. The minimum absolute atomic E-state index is 0.268. The molecule has 0 bridgehead atoms. The molecule has 0 aliphatic heterocycles. The first-order valence-corrected chi connectivity index (χ1v) is 5.02. The minimum Gasteiger partial charge on any atom is -0.450 e. The smallest absolute Gasteiger partial charge is 0.409 e. The van der Waals surface area contributed by atoms with Crippen LogP contribution in [0.1, 0.15) is 11.8 Å². The summed E-state index contributed by atoms with van der Waals surface area (Å²) in [6, 6.07) is 3.97. The minimum atomic E-state index is -0.268. The monoisotopic (exact) mass is 199 g/mol. The van der Waals surface area contributed by atoms with Crippen LogP contribution in [0.4, 0.5) is 4.79 Å². The van der Waals surface area contributed by atoms with E-state index in [1.54, 1.807) is 30.2 Å². The van der Waals surface area contributed by atoms with E-state index < -0.39 is 0 Å². The van der Waals surface area contributed by atoms with E-state index in [1.807, 2.05) is 17.5 Å². The van der Waals surface area contributed by atoms with Crippen LogP contribution in [0.15, 0.2) is 17.5 Å². The zero-order valence-electron chi connectivity index (χ0n) is 7.82. The number of hydrogen-bond donors (Lipinski definition) is 0. The Balaban J connectivity index is 2.41. The quantitative estimate of drug-likeness (QED) is 0.747. The van der Waals surface area contributed by atoms with Gasteiger partial charge in [0.1, 0.15) is 0 Å². The van der Waals surface area contributed by atoms with Crippen LogP contribution in [0.3, 0.4) is 0 Å². The maximum absolute atomic E-state index is 11.2. The topological polar surface area (TPSA) is 29.5 Å². The molecular formula is C9H13NO2S. The lowest BCUT2D eigenvalue weighted by Gasteiger charge is -2.14. The number of carbonyl (C=O) groups excluding carboxylic acids is 1. The van der Waals surface area contributed by atoms with Gasteiger partial charge < -0.3 is 9.64 Å². The molecule has 13 heavy (non-hydrogen) atoms. The molecule has 0 spiro atoms. The molecule has 0 fully saturated rings. The summed E-state index contributed by atoms with van der Waals surface area (Å²) in [5, 5.41) is 1.99. The SMILES string of the molecule is CCOC(=O)N(C)Cc1cccs1. The summed E-state index contributed by atoms with van der Waals surface area (Å²) in [7, 11) is 1.73. The number of thiophene rings is 1. The van der Waals surface area contributed by atoms with Gasteiger partial charge in [0.25, 0.3) is 0 Å². The van der Waals surface area contributed by atoms with Crippen LogP contribution in [-0.4, -0.2) is 24.6 Å². The summed E-state index contributed by atoms with van der Waals surface area (Å²) in [6.45, 7) is 2.85. The van der Waals surface area contributed by atoms with Gasteiger partial charge in [-0.15, -0.1) is 11.3 Å². The van der Waals surface area contributed by atoms with Crippen molar-refractivity contribution in [3.05, 3.63) is 22.4 Å². The van der Waals surface area contributed by atoms with Crippen LogP contribution >= 0.6 is 11.3 Å². The van der Waals surface area contributed by atoms with Gasteiger partial charge in [-0.2, -0.15) is 0 Å². The van der Waals surface area contributed by atoms with Gasteiger partial charge in [0, 0.05) is 11.9 Å². The Morgan fingerprint density at radius 2 is 2.46 bits per heavy atom. The van der Waals surface area contributed by atoms with E-state index >= 15 is 0 Å². The molecule has 0 N–H and O–H groups in total. The van der Waals surface area contributed by atoms with Crippen molar-refractivity contribution in [3.63, 3.8) is 0 Å². The van der Waals surface area contributed by atoms with Crippen molar-refractivity contribution in [1.29, 1.82) is 0 Å². The first-order valence-electron chi connectivity index (χ1n) is 4.14. The van der Waals surface area contributed by atoms with Crippen LogP contribution in [0, 0.1) is 0 Å². The summed E-state index contributed by atoms with van der Waals surface area (Å²) in [5.41, 5.74) is 0. The fraction of sp³-hybridized carbons (Fsp3) is 0.444. The van der Waals surface area contributed by atoms with Gasteiger partial charge in [-0.25, -0.2) is 4.79 Å². The van der Waals surface area contributed by atoms with Gasteiger partial charge in [0.2, 0.25) is 0 Å².